The summed E-state index contributed by atoms with van der Waals surface area (Å²) in [5.41, 5.74) is 5.18. The molecule has 6 heteroatoms. The van der Waals surface area contributed by atoms with Crippen LogP contribution in [0.5, 0.6) is 11.5 Å². The van der Waals surface area contributed by atoms with Crippen molar-refractivity contribution < 1.29 is 23.9 Å². The van der Waals surface area contributed by atoms with Crippen LogP contribution in [0.4, 0.5) is 0 Å². The highest BCUT2D eigenvalue weighted by atomic mass is 16.5. The Labute approximate surface area is 97.3 Å². The maximum absolute atomic E-state index is 11.0. The van der Waals surface area contributed by atoms with Crippen molar-refractivity contribution in [3.8, 4) is 11.5 Å². The van der Waals surface area contributed by atoms with E-state index >= 15 is 0 Å². The summed E-state index contributed by atoms with van der Waals surface area (Å²) in [5, 5.41) is 0. The van der Waals surface area contributed by atoms with Crippen LogP contribution in [0.2, 0.25) is 0 Å². The summed E-state index contributed by atoms with van der Waals surface area (Å²) in [5.74, 6) is -1.65. The summed E-state index contributed by atoms with van der Waals surface area (Å²) in [4.78, 5) is 32.6. The van der Waals surface area contributed by atoms with E-state index in [9.17, 15) is 14.4 Å². The molecule has 0 aliphatic heterocycles. The van der Waals surface area contributed by atoms with E-state index in [1.165, 1.54) is 32.0 Å². The Kier molecular flexibility index (Phi) is 3.82. The number of carbonyl (C=O) groups excluding carboxylic acids is 3. The Morgan fingerprint density at radius 1 is 0.941 bits per heavy atom. The lowest BCUT2D eigenvalue weighted by Crippen LogP contribution is -2.12. The molecule has 0 aromatic heterocycles. The number of rotatable bonds is 3. The zero-order chi connectivity index (χ0) is 13.0. The van der Waals surface area contributed by atoms with Crippen molar-refractivity contribution in [3.05, 3.63) is 23.8 Å². The van der Waals surface area contributed by atoms with Crippen LogP contribution in [0, 0.1) is 0 Å². The fourth-order valence-corrected chi connectivity index (χ4v) is 1.16. The molecular formula is C11H11NO5. The summed E-state index contributed by atoms with van der Waals surface area (Å²) in [6, 6.07) is 3.89. The van der Waals surface area contributed by atoms with Gasteiger partial charge in [0.1, 0.15) is 11.5 Å². The summed E-state index contributed by atoms with van der Waals surface area (Å²) in [6.45, 7) is 2.42. The number of ether oxygens (including phenoxy) is 2. The molecule has 90 valence electrons. The van der Waals surface area contributed by atoms with E-state index in [4.69, 9.17) is 15.2 Å². The van der Waals surface area contributed by atoms with E-state index < -0.39 is 17.8 Å². The van der Waals surface area contributed by atoms with Crippen LogP contribution in [-0.2, 0) is 9.59 Å². The van der Waals surface area contributed by atoms with Crippen LogP contribution in [0.15, 0.2) is 18.2 Å². The lowest BCUT2D eigenvalue weighted by atomic mass is 10.2. The Morgan fingerprint density at radius 2 is 1.35 bits per heavy atom. The molecule has 0 spiro atoms. The minimum Gasteiger partial charge on any atom is -0.427 e. The van der Waals surface area contributed by atoms with Gasteiger partial charge in [0.25, 0.3) is 0 Å². The molecular weight excluding hydrogens is 226 g/mol. The lowest BCUT2D eigenvalue weighted by Gasteiger charge is -2.07. The van der Waals surface area contributed by atoms with Gasteiger partial charge in [0.2, 0.25) is 5.91 Å². The molecule has 1 aromatic rings. The predicted molar refractivity (Wildman–Crippen MR) is 57.6 cm³/mol. The van der Waals surface area contributed by atoms with Crippen LogP contribution in [0.1, 0.15) is 24.2 Å². The first-order valence-corrected chi connectivity index (χ1v) is 4.70. The average molecular weight is 237 g/mol. The van der Waals surface area contributed by atoms with E-state index in [1.54, 1.807) is 0 Å². The molecule has 0 unspecified atom stereocenters. The second kappa shape index (κ2) is 5.11. The van der Waals surface area contributed by atoms with E-state index in [0.29, 0.717) is 0 Å². The standard InChI is InChI=1S/C11H11NO5/c1-6(13)16-9-3-8(11(12)15)4-10(5-9)17-7(2)14/h3-5H,1-2H3,(H2,12,15). The van der Waals surface area contributed by atoms with Gasteiger partial charge in [0.15, 0.2) is 0 Å². The van der Waals surface area contributed by atoms with Crippen LogP contribution < -0.4 is 15.2 Å². The summed E-state index contributed by atoms with van der Waals surface area (Å²) >= 11 is 0. The minimum absolute atomic E-state index is 0.0833. The van der Waals surface area contributed by atoms with Crippen molar-refractivity contribution in [1.29, 1.82) is 0 Å². The molecule has 6 nitrogen and oxygen atoms in total. The second-order valence-corrected chi connectivity index (χ2v) is 3.24. The molecule has 0 saturated heterocycles. The van der Waals surface area contributed by atoms with Gasteiger partial charge in [-0.15, -0.1) is 0 Å². The van der Waals surface area contributed by atoms with E-state index in [0.717, 1.165) is 0 Å². The molecule has 0 radical (unpaired) electrons. The molecule has 0 aliphatic rings. The van der Waals surface area contributed by atoms with E-state index in [2.05, 4.69) is 0 Å². The molecule has 1 aromatic carbocycles. The average Bonchev–Trinajstić information content (AvgIpc) is 2.14. The Morgan fingerprint density at radius 3 is 1.65 bits per heavy atom. The first-order chi connectivity index (χ1) is 7.88. The normalized spacial score (nSPS) is 9.53. The van der Waals surface area contributed by atoms with Crippen LogP contribution in [-0.4, -0.2) is 17.8 Å². The highest BCUT2D eigenvalue weighted by Gasteiger charge is 2.10. The second-order valence-electron chi connectivity index (χ2n) is 3.24. The maximum Gasteiger partial charge on any atom is 0.308 e. The molecule has 17 heavy (non-hydrogen) atoms. The topological polar surface area (TPSA) is 95.7 Å². The smallest absolute Gasteiger partial charge is 0.308 e. The van der Waals surface area contributed by atoms with E-state index in [1.807, 2.05) is 0 Å². The molecule has 0 bridgehead atoms. The number of amides is 1. The molecule has 0 saturated carbocycles. The number of benzene rings is 1. The third-order valence-corrected chi connectivity index (χ3v) is 1.69. The number of hydrogen-bond donors (Lipinski definition) is 1. The van der Waals surface area contributed by atoms with Crippen molar-refractivity contribution in [2.75, 3.05) is 0 Å². The first kappa shape index (κ1) is 12.7. The first-order valence-electron chi connectivity index (χ1n) is 4.70. The lowest BCUT2D eigenvalue weighted by molar-refractivity contribution is -0.132. The van der Waals surface area contributed by atoms with Gasteiger partial charge < -0.3 is 15.2 Å². The van der Waals surface area contributed by atoms with Crippen molar-refractivity contribution in [1.82, 2.24) is 0 Å². The van der Waals surface area contributed by atoms with Gasteiger partial charge in [-0.25, -0.2) is 0 Å². The zero-order valence-electron chi connectivity index (χ0n) is 9.35. The van der Waals surface area contributed by atoms with Gasteiger partial charge in [0, 0.05) is 25.5 Å². The molecule has 2 N–H and O–H groups in total. The molecule has 0 fully saturated rings. The monoisotopic (exact) mass is 237 g/mol. The third kappa shape index (κ3) is 3.94. The summed E-state index contributed by atoms with van der Waals surface area (Å²) in [7, 11) is 0. The molecule has 0 atom stereocenters. The Balaban J connectivity index is 3.13. The number of nitrogens with two attached hydrogens (primary N) is 1. The number of carbonyl (C=O) groups is 3. The summed E-state index contributed by atoms with van der Waals surface area (Å²) < 4.78 is 9.58. The molecule has 1 rings (SSSR count). The van der Waals surface area contributed by atoms with Crippen molar-refractivity contribution in [2.24, 2.45) is 5.73 Å². The van der Waals surface area contributed by atoms with Gasteiger partial charge in [-0.05, 0) is 12.1 Å². The fourth-order valence-electron chi connectivity index (χ4n) is 1.16. The van der Waals surface area contributed by atoms with Crippen LogP contribution in [0.25, 0.3) is 0 Å². The third-order valence-electron chi connectivity index (χ3n) is 1.69. The SMILES string of the molecule is CC(=O)Oc1cc(OC(C)=O)cc(C(N)=O)c1. The number of esters is 2. The number of hydrogen-bond acceptors (Lipinski definition) is 5. The highest BCUT2D eigenvalue weighted by molar-refractivity contribution is 5.94. The van der Waals surface area contributed by atoms with Gasteiger partial charge >= 0.3 is 11.9 Å². The minimum atomic E-state index is -0.715. The van der Waals surface area contributed by atoms with Crippen LogP contribution >= 0.6 is 0 Å². The largest absolute Gasteiger partial charge is 0.427 e. The quantitative estimate of drug-likeness (QED) is 0.614. The zero-order valence-corrected chi connectivity index (χ0v) is 9.35. The van der Waals surface area contributed by atoms with Gasteiger partial charge in [-0.3, -0.25) is 14.4 Å². The van der Waals surface area contributed by atoms with Crippen molar-refractivity contribution in [3.63, 3.8) is 0 Å². The van der Waals surface area contributed by atoms with Gasteiger partial charge in [0.05, 0.1) is 0 Å². The highest BCUT2D eigenvalue weighted by Crippen LogP contribution is 2.23. The maximum atomic E-state index is 11.0. The van der Waals surface area contributed by atoms with Crippen molar-refractivity contribution in [2.45, 2.75) is 13.8 Å². The van der Waals surface area contributed by atoms with Crippen LogP contribution in [0.3, 0.4) is 0 Å². The molecule has 0 heterocycles. The Hall–Kier alpha value is -2.37. The summed E-state index contributed by atoms with van der Waals surface area (Å²) in [6.07, 6.45) is 0. The van der Waals surface area contributed by atoms with Gasteiger partial charge in [-0.1, -0.05) is 0 Å². The predicted octanol–water partition coefficient (Wildman–Crippen LogP) is 0.636. The van der Waals surface area contributed by atoms with Gasteiger partial charge in [-0.2, -0.15) is 0 Å². The molecule has 1 amide bonds. The van der Waals surface area contributed by atoms with Crippen molar-refractivity contribution >= 4 is 17.8 Å². The van der Waals surface area contributed by atoms with E-state index in [-0.39, 0.29) is 17.1 Å². The Bertz CT molecular complexity index is 447. The molecule has 0 aliphatic carbocycles. The fraction of sp³-hybridized carbons (Fsp3) is 0.182. The number of primary amides is 1.